The highest BCUT2D eigenvalue weighted by molar-refractivity contribution is 6.99. The second-order valence-corrected chi connectivity index (χ2v) is 25.9. The average molecular weight is 1230 g/mol. The lowest BCUT2D eigenvalue weighted by molar-refractivity contribution is -0.913. The second kappa shape index (κ2) is 28.3. The van der Waals surface area contributed by atoms with Gasteiger partial charge in [-0.3, -0.25) is 0 Å². The molecule has 0 aliphatic heterocycles. The molecule has 14 nitrogen and oxygen atoms in total. The Morgan fingerprint density at radius 1 is 0.370 bits per heavy atom. The Bertz CT molecular complexity index is 4330. The number of nitrogens with zero attached hydrogens (tertiary/aromatic N) is 8. The van der Waals surface area contributed by atoms with Crippen LogP contribution < -0.4 is 34.7 Å². The summed E-state index contributed by atoms with van der Waals surface area (Å²) in [5, 5.41) is 15.7. The fourth-order valence-corrected chi connectivity index (χ4v) is 14.0. The average Bonchev–Trinajstić information content (AvgIpc) is 0.906. The quantitative estimate of drug-likeness (QED) is 0.0181. The lowest BCUT2D eigenvalue weighted by Gasteiger charge is -2.30. The summed E-state index contributed by atoms with van der Waals surface area (Å²) in [6.07, 6.45) is 25.9. The van der Waals surface area contributed by atoms with Crippen LogP contribution in [0.15, 0.2) is 184 Å². The molecule has 0 aliphatic rings. The van der Waals surface area contributed by atoms with Gasteiger partial charge in [-0.25, -0.2) is 18.3 Å². The van der Waals surface area contributed by atoms with Gasteiger partial charge in [0.15, 0.2) is 0 Å². The first-order valence-electron chi connectivity index (χ1n) is 33.0. The Balaban J connectivity index is 0.829. The number of hydrogen-bond donors (Lipinski definition) is 0. The molecule has 0 atom stereocenters. The van der Waals surface area contributed by atoms with Gasteiger partial charge < -0.3 is 28.4 Å². The molecule has 0 N–H and O–H groups in total. The minimum absolute atomic E-state index is 0.0659. The van der Waals surface area contributed by atoms with E-state index >= 15 is 0 Å². The minimum Gasteiger partial charge on any atom is -0.382 e. The molecule has 0 aliphatic carbocycles. The van der Waals surface area contributed by atoms with Crippen molar-refractivity contribution in [1.29, 1.82) is 0 Å². The third-order valence-electron chi connectivity index (χ3n) is 18.6. The van der Waals surface area contributed by atoms with E-state index in [1.165, 1.54) is 109 Å². The van der Waals surface area contributed by atoms with E-state index in [9.17, 15) is 0 Å². The standard InChI is InChI=1S/C77H89BN8O6/c1-55(2)64-45-69(56(3)4)77(70(46-64)57(5)6)78(71-23-17-60-13-19-65-62(11-9-58-15-21-67(71)75(60)73(58)65)47-81-27-31-85(51-81)53-83-29-25-79(49-83)33-35-89-41-43-91-39-37-87-7)72-24-18-61-14-20-66-63(12-10-59-16-22-68(72)76(61)74(59)66)48-82-28-32-86(52-82)54-84-30-26-80(50-84)34-36-90-42-44-92-40-38-88-8/h9-32,45-46,49-52,55-57H,33-44,47-48,53-54H2,1-8H3/q+4. The number of benzene rings is 9. The van der Waals surface area contributed by atoms with Gasteiger partial charge in [0, 0.05) is 25.3 Å². The predicted molar refractivity (Wildman–Crippen MR) is 368 cm³/mol. The molecule has 0 amide bonds. The number of aromatic nitrogens is 8. The highest BCUT2D eigenvalue weighted by Crippen LogP contribution is 2.39. The maximum Gasteiger partial charge on any atom is 0.247 e. The van der Waals surface area contributed by atoms with Gasteiger partial charge in [-0.15, -0.1) is 0 Å². The molecule has 13 aromatic rings. The highest BCUT2D eigenvalue weighted by Gasteiger charge is 2.34. The molecule has 0 saturated heterocycles. The van der Waals surface area contributed by atoms with E-state index in [1.54, 1.807) is 14.2 Å². The van der Waals surface area contributed by atoms with E-state index in [-0.39, 0.29) is 6.71 Å². The molecule has 0 saturated carbocycles. The molecule has 4 heterocycles. The van der Waals surface area contributed by atoms with Crippen LogP contribution in [-0.4, -0.2) is 105 Å². The van der Waals surface area contributed by atoms with Gasteiger partial charge in [0.05, 0.1) is 66.1 Å². The normalized spacial score (nSPS) is 12.3. The van der Waals surface area contributed by atoms with E-state index in [1.807, 2.05) is 0 Å². The Labute approximate surface area is 541 Å². The van der Waals surface area contributed by atoms with Crippen molar-refractivity contribution in [3.63, 3.8) is 0 Å². The van der Waals surface area contributed by atoms with Gasteiger partial charge >= 0.3 is 0 Å². The first kappa shape index (κ1) is 62.5. The van der Waals surface area contributed by atoms with Gasteiger partial charge in [0.2, 0.25) is 45.4 Å². The zero-order valence-electron chi connectivity index (χ0n) is 55.0. The van der Waals surface area contributed by atoms with Crippen LogP contribution >= 0.6 is 0 Å². The van der Waals surface area contributed by atoms with Crippen LogP contribution in [0.3, 0.4) is 0 Å². The molecule has 9 aromatic carbocycles. The first-order chi connectivity index (χ1) is 45.0. The van der Waals surface area contributed by atoms with Crippen LogP contribution in [0.5, 0.6) is 0 Å². The summed E-state index contributed by atoms with van der Waals surface area (Å²) in [7, 11) is 3.36. The fourth-order valence-electron chi connectivity index (χ4n) is 14.0. The zero-order valence-corrected chi connectivity index (χ0v) is 55.0. The smallest absolute Gasteiger partial charge is 0.247 e. The molecule has 0 fully saturated rings. The van der Waals surface area contributed by atoms with Crippen LogP contribution in [0.1, 0.15) is 87.1 Å². The molecule has 13 rings (SSSR count). The fraction of sp³-hybridized carbons (Fsp3) is 0.351. The minimum atomic E-state index is -0.0659. The number of hydrogen-bond acceptors (Lipinski definition) is 6. The summed E-state index contributed by atoms with van der Waals surface area (Å²) >= 11 is 0. The number of imidazole rings is 4. The van der Waals surface area contributed by atoms with Crippen LogP contribution in [0.4, 0.5) is 0 Å². The third kappa shape index (κ3) is 13.4. The van der Waals surface area contributed by atoms with Crippen molar-refractivity contribution in [2.75, 3.05) is 80.3 Å². The van der Waals surface area contributed by atoms with E-state index in [4.69, 9.17) is 28.4 Å². The van der Waals surface area contributed by atoms with Crippen molar-refractivity contribution < 1.29 is 46.7 Å². The molecule has 472 valence electrons. The van der Waals surface area contributed by atoms with E-state index in [2.05, 4.69) is 262 Å². The SMILES string of the molecule is COCCOCCOCCn1cc[n+](C[n+]2ccn(Cc3ccc4ccc5c(B(c6c(C(C)C)cc(C(C)C)cc6C(C)C)c6ccc7ccc8c(Cn9cc[n+](C[n+]%10ccn(CCOCCOCCOC)c%10)c9)ccc9ccc6c7c98)ccc6ccc3c4c65)c2)c1. The summed E-state index contributed by atoms with van der Waals surface area (Å²) < 4.78 is 50.7. The lowest BCUT2D eigenvalue weighted by Crippen LogP contribution is -2.55. The van der Waals surface area contributed by atoms with E-state index in [0.717, 1.165) is 26.2 Å². The van der Waals surface area contributed by atoms with Gasteiger partial charge in [0.25, 0.3) is 0 Å². The van der Waals surface area contributed by atoms with E-state index < -0.39 is 0 Å². The zero-order chi connectivity index (χ0) is 63.2. The maximum atomic E-state index is 5.82. The van der Waals surface area contributed by atoms with Gasteiger partial charge in [-0.05, 0) is 99.1 Å². The Kier molecular flexibility index (Phi) is 19.2. The van der Waals surface area contributed by atoms with Gasteiger partial charge in [-0.1, -0.05) is 167 Å². The molecular weight excluding hydrogens is 1140 g/mol. The van der Waals surface area contributed by atoms with Crippen molar-refractivity contribution in [3.05, 3.63) is 212 Å². The monoisotopic (exact) mass is 1230 g/mol. The first-order valence-corrected chi connectivity index (χ1v) is 33.0. The van der Waals surface area contributed by atoms with Gasteiger partial charge in [-0.2, -0.15) is 18.3 Å². The second-order valence-electron chi connectivity index (χ2n) is 25.9. The molecule has 92 heavy (non-hydrogen) atoms. The molecule has 0 radical (unpaired) electrons. The summed E-state index contributed by atoms with van der Waals surface area (Å²) in [5.41, 5.74) is 11.0. The number of methoxy groups -OCH3 is 2. The summed E-state index contributed by atoms with van der Waals surface area (Å²) in [6.45, 7) is 24.6. The summed E-state index contributed by atoms with van der Waals surface area (Å²) in [6, 6.07) is 43.4. The van der Waals surface area contributed by atoms with Crippen LogP contribution in [0.25, 0.3) is 64.6 Å². The van der Waals surface area contributed by atoms with E-state index in [0.29, 0.717) is 97.2 Å². The molecular formula is C77H89BN8O6+4. The van der Waals surface area contributed by atoms with Crippen molar-refractivity contribution >= 4 is 87.7 Å². The topological polar surface area (TPSA) is 90.6 Å². The van der Waals surface area contributed by atoms with Crippen molar-refractivity contribution in [3.8, 4) is 0 Å². The molecule has 0 unspecified atom stereocenters. The molecule has 15 heteroatoms. The van der Waals surface area contributed by atoms with Gasteiger partial charge in [0.1, 0.15) is 75.8 Å². The number of rotatable bonds is 32. The van der Waals surface area contributed by atoms with Crippen LogP contribution in [0, 0.1) is 0 Å². The van der Waals surface area contributed by atoms with Crippen molar-refractivity contribution in [2.45, 2.75) is 98.8 Å². The molecule has 0 bridgehead atoms. The molecule has 0 spiro atoms. The maximum absolute atomic E-state index is 5.82. The largest absolute Gasteiger partial charge is 0.382 e. The predicted octanol–water partition coefficient (Wildman–Crippen LogP) is 10.2. The summed E-state index contributed by atoms with van der Waals surface area (Å²) in [5.74, 6) is 0.997. The van der Waals surface area contributed by atoms with Crippen LogP contribution in [-0.2, 0) is 67.9 Å². The number of ether oxygens (including phenoxy) is 6. The lowest BCUT2D eigenvalue weighted by atomic mass is 9.33. The molecule has 4 aromatic heterocycles. The van der Waals surface area contributed by atoms with Crippen molar-refractivity contribution in [1.82, 2.24) is 18.3 Å². The Morgan fingerprint density at radius 3 is 1.10 bits per heavy atom. The third-order valence-corrected chi connectivity index (χ3v) is 18.6. The highest BCUT2D eigenvalue weighted by atomic mass is 16.5. The Morgan fingerprint density at radius 2 is 0.707 bits per heavy atom. The Hall–Kier alpha value is -8.28. The van der Waals surface area contributed by atoms with Crippen molar-refractivity contribution in [2.24, 2.45) is 0 Å². The summed E-state index contributed by atoms with van der Waals surface area (Å²) in [4.78, 5) is 0. The van der Waals surface area contributed by atoms with Crippen LogP contribution in [0.2, 0.25) is 0 Å².